The zero-order valence-electron chi connectivity index (χ0n) is 16.4. The van der Waals surface area contributed by atoms with E-state index in [-0.39, 0.29) is 40.8 Å². The monoisotopic (exact) mass is 448 g/mol. The Hall–Kier alpha value is -3.39. The molecule has 1 aromatic carbocycles. The number of alkyl halides is 3. The van der Waals surface area contributed by atoms with Gasteiger partial charge in [0.15, 0.2) is 0 Å². The van der Waals surface area contributed by atoms with Gasteiger partial charge in [-0.05, 0) is 32.0 Å². The van der Waals surface area contributed by atoms with E-state index >= 15 is 0 Å². The summed E-state index contributed by atoms with van der Waals surface area (Å²) in [6.07, 6.45) is -4.48. The molecule has 2 heterocycles. The Morgan fingerprint density at radius 1 is 1.29 bits per heavy atom. The van der Waals surface area contributed by atoms with Gasteiger partial charge in [0, 0.05) is 5.56 Å². The van der Waals surface area contributed by atoms with Gasteiger partial charge >= 0.3 is 12.1 Å². The zero-order valence-corrected chi connectivity index (χ0v) is 17.2. The maximum atomic E-state index is 12.9. The fourth-order valence-corrected chi connectivity index (χ4v) is 3.42. The first-order valence-electron chi connectivity index (χ1n) is 8.94. The van der Waals surface area contributed by atoms with Crippen LogP contribution in [-0.4, -0.2) is 27.7 Å². The van der Waals surface area contributed by atoms with E-state index in [2.05, 4.69) is 15.1 Å². The fraction of sp³-hybridized carbons (Fsp3) is 0.250. The van der Waals surface area contributed by atoms with Crippen LogP contribution in [0.15, 0.2) is 39.9 Å². The van der Waals surface area contributed by atoms with Crippen molar-refractivity contribution in [3.8, 4) is 17.5 Å². The summed E-state index contributed by atoms with van der Waals surface area (Å²) < 4.78 is 48.7. The van der Waals surface area contributed by atoms with Crippen LogP contribution in [0.25, 0.3) is 11.4 Å². The molecular formula is C20H15F3N4O3S. The molecule has 31 heavy (non-hydrogen) atoms. The first-order valence-corrected chi connectivity index (χ1v) is 9.93. The molecule has 0 atom stereocenters. The highest BCUT2D eigenvalue weighted by Crippen LogP contribution is 2.32. The Morgan fingerprint density at radius 2 is 2.06 bits per heavy atom. The maximum absolute atomic E-state index is 12.9. The Kier molecular flexibility index (Phi) is 6.60. The van der Waals surface area contributed by atoms with E-state index in [1.165, 1.54) is 18.2 Å². The zero-order chi connectivity index (χ0) is 22.6. The van der Waals surface area contributed by atoms with E-state index in [9.17, 15) is 23.2 Å². The molecule has 0 aliphatic rings. The van der Waals surface area contributed by atoms with Crippen molar-refractivity contribution in [2.24, 2.45) is 0 Å². The standard InChI is InChI=1S/C20H15F3N4O3S/c1-3-29-19(28)15-8-13(9-24)18(25-11(15)2)31-10-16-26-17(27-30-16)12-5-4-6-14(7-12)20(21,22)23/h4-8H,3,10H2,1-2H3. The van der Waals surface area contributed by atoms with Crippen LogP contribution in [0, 0.1) is 18.3 Å². The van der Waals surface area contributed by atoms with Gasteiger partial charge in [0.1, 0.15) is 11.1 Å². The number of thioether (sulfide) groups is 1. The quantitative estimate of drug-likeness (QED) is 0.391. The number of hydrogen-bond acceptors (Lipinski definition) is 8. The second-order valence-corrected chi connectivity index (χ2v) is 7.15. The summed E-state index contributed by atoms with van der Waals surface area (Å²) in [5.74, 6) is -0.270. The number of carbonyl (C=O) groups excluding carboxylic acids is 1. The summed E-state index contributed by atoms with van der Waals surface area (Å²) in [6, 6.07) is 8.00. The molecule has 2 aromatic heterocycles. The summed E-state index contributed by atoms with van der Waals surface area (Å²) in [4.78, 5) is 20.4. The number of esters is 1. The minimum absolute atomic E-state index is 0.0176. The molecule has 160 valence electrons. The predicted octanol–water partition coefficient (Wildman–Crippen LogP) is 4.80. The molecule has 0 saturated carbocycles. The van der Waals surface area contributed by atoms with Crippen molar-refractivity contribution in [2.75, 3.05) is 6.61 Å². The lowest BCUT2D eigenvalue weighted by molar-refractivity contribution is -0.137. The lowest BCUT2D eigenvalue weighted by Crippen LogP contribution is -2.09. The molecule has 0 unspecified atom stereocenters. The highest BCUT2D eigenvalue weighted by molar-refractivity contribution is 7.98. The SMILES string of the molecule is CCOC(=O)c1cc(C#N)c(SCc2nc(-c3cccc(C(F)(F)F)c3)no2)nc1C. The van der Waals surface area contributed by atoms with Crippen LogP contribution in [-0.2, 0) is 16.7 Å². The average molecular weight is 448 g/mol. The van der Waals surface area contributed by atoms with Gasteiger partial charge < -0.3 is 9.26 Å². The smallest absolute Gasteiger partial charge is 0.416 e. The van der Waals surface area contributed by atoms with Gasteiger partial charge in [-0.15, -0.1) is 0 Å². The number of benzene rings is 1. The second kappa shape index (κ2) is 9.18. The number of aromatic nitrogens is 3. The van der Waals surface area contributed by atoms with Crippen molar-refractivity contribution in [2.45, 2.75) is 30.8 Å². The second-order valence-electron chi connectivity index (χ2n) is 6.19. The molecule has 0 N–H and O–H groups in total. The van der Waals surface area contributed by atoms with Crippen LogP contribution in [0.2, 0.25) is 0 Å². The van der Waals surface area contributed by atoms with E-state index in [1.807, 2.05) is 6.07 Å². The van der Waals surface area contributed by atoms with Crippen molar-refractivity contribution in [3.63, 3.8) is 0 Å². The number of rotatable bonds is 6. The summed E-state index contributed by atoms with van der Waals surface area (Å²) >= 11 is 1.13. The number of aryl methyl sites for hydroxylation is 1. The maximum Gasteiger partial charge on any atom is 0.416 e. The molecule has 3 rings (SSSR count). The third-order valence-electron chi connectivity index (χ3n) is 4.04. The van der Waals surface area contributed by atoms with Gasteiger partial charge in [-0.2, -0.15) is 23.4 Å². The Morgan fingerprint density at radius 3 is 2.74 bits per heavy atom. The van der Waals surface area contributed by atoms with Gasteiger partial charge in [-0.25, -0.2) is 9.78 Å². The van der Waals surface area contributed by atoms with Crippen molar-refractivity contribution in [1.82, 2.24) is 15.1 Å². The Labute approximate surface area is 179 Å². The van der Waals surface area contributed by atoms with Crippen LogP contribution in [0.4, 0.5) is 13.2 Å². The van der Waals surface area contributed by atoms with Gasteiger partial charge in [-0.1, -0.05) is 29.1 Å². The number of nitrogens with zero attached hydrogens (tertiary/aromatic N) is 4. The molecule has 0 spiro atoms. The first kappa shape index (κ1) is 22.3. The van der Waals surface area contributed by atoms with Crippen LogP contribution >= 0.6 is 11.8 Å². The number of pyridine rings is 1. The summed E-state index contributed by atoms with van der Waals surface area (Å²) in [5.41, 5.74) is 0.129. The summed E-state index contributed by atoms with van der Waals surface area (Å²) in [7, 11) is 0. The normalized spacial score (nSPS) is 11.2. The number of nitriles is 1. The minimum Gasteiger partial charge on any atom is -0.462 e. The van der Waals surface area contributed by atoms with Gasteiger partial charge in [-0.3, -0.25) is 0 Å². The molecule has 0 aliphatic heterocycles. The van der Waals surface area contributed by atoms with Crippen LogP contribution < -0.4 is 0 Å². The third-order valence-corrected chi connectivity index (χ3v) is 5.02. The summed E-state index contributed by atoms with van der Waals surface area (Å²) in [6.45, 7) is 3.49. The van der Waals surface area contributed by atoms with Crippen LogP contribution in [0.1, 0.15) is 40.0 Å². The third kappa shape index (κ3) is 5.21. The molecule has 0 amide bonds. The lowest BCUT2D eigenvalue weighted by Gasteiger charge is -2.08. The molecule has 0 aliphatic carbocycles. The van der Waals surface area contributed by atoms with Crippen LogP contribution in [0.5, 0.6) is 0 Å². The molecular weight excluding hydrogens is 433 g/mol. The topological polar surface area (TPSA) is 102 Å². The molecule has 0 fully saturated rings. The largest absolute Gasteiger partial charge is 0.462 e. The van der Waals surface area contributed by atoms with E-state index in [0.29, 0.717) is 10.7 Å². The van der Waals surface area contributed by atoms with Gasteiger partial charge in [0.25, 0.3) is 0 Å². The molecule has 0 bridgehead atoms. The summed E-state index contributed by atoms with van der Waals surface area (Å²) in [5, 5.41) is 13.5. The fourth-order valence-electron chi connectivity index (χ4n) is 2.58. The number of carbonyl (C=O) groups is 1. The van der Waals surface area contributed by atoms with Crippen molar-refractivity contribution >= 4 is 17.7 Å². The van der Waals surface area contributed by atoms with Crippen LogP contribution in [0.3, 0.4) is 0 Å². The number of hydrogen-bond donors (Lipinski definition) is 0. The van der Waals surface area contributed by atoms with Gasteiger partial charge in [0.05, 0.1) is 34.7 Å². The average Bonchev–Trinajstić information content (AvgIpc) is 3.21. The van der Waals surface area contributed by atoms with E-state index in [4.69, 9.17) is 9.26 Å². The number of halogens is 3. The molecule has 0 radical (unpaired) electrons. The van der Waals surface area contributed by atoms with Crippen molar-refractivity contribution in [1.29, 1.82) is 5.26 Å². The number of ether oxygens (including phenoxy) is 1. The van der Waals surface area contributed by atoms with Crippen molar-refractivity contribution < 1.29 is 27.2 Å². The lowest BCUT2D eigenvalue weighted by atomic mass is 10.1. The van der Waals surface area contributed by atoms with Crippen molar-refractivity contribution in [3.05, 3.63) is 58.6 Å². The molecule has 0 saturated heterocycles. The van der Waals surface area contributed by atoms with Gasteiger partial charge in [0.2, 0.25) is 11.7 Å². The molecule has 11 heteroatoms. The predicted molar refractivity (Wildman–Crippen MR) is 104 cm³/mol. The molecule has 7 nitrogen and oxygen atoms in total. The Bertz CT molecular complexity index is 1160. The molecule has 3 aromatic rings. The minimum atomic E-state index is -4.48. The first-order chi connectivity index (χ1) is 14.7. The van der Waals surface area contributed by atoms with E-state index in [0.717, 1.165) is 23.9 Å². The Balaban J connectivity index is 1.78. The highest BCUT2D eigenvalue weighted by Gasteiger charge is 2.30. The highest BCUT2D eigenvalue weighted by atomic mass is 32.2. The van der Waals surface area contributed by atoms with E-state index in [1.54, 1.807) is 13.8 Å². The van der Waals surface area contributed by atoms with E-state index < -0.39 is 17.7 Å².